The van der Waals surface area contributed by atoms with Crippen molar-refractivity contribution < 1.29 is 75.4 Å². The number of ether oxygens (including phenoxy) is 6. The molecule has 0 aromatic heterocycles. The second kappa shape index (κ2) is 22.4. The molecule has 0 spiro atoms. The molecule has 192 valence electrons. The average molecular weight is 504 g/mol. The van der Waals surface area contributed by atoms with Crippen molar-refractivity contribution in [1.29, 1.82) is 0 Å². The third-order valence-electron chi connectivity index (χ3n) is 3.32. The molecule has 0 aliphatic carbocycles. The van der Waals surface area contributed by atoms with E-state index in [1.807, 2.05) is 0 Å². The molecule has 0 radical (unpaired) electrons. The zero-order valence-corrected chi connectivity index (χ0v) is 21.1. The second-order valence-electron chi connectivity index (χ2n) is 6.40. The van der Waals surface area contributed by atoms with Crippen LogP contribution in [0.25, 0.3) is 0 Å². The quantitative estimate of drug-likeness (QED) is 0.0518. The molecule has 34 heavy (non-hydrogen) atoms. The Labute approximate surface area is 212 Å². The first-order valence-corrected chi connectivity index (χ1v) is 11.7. The van der Waals surface area contributed by atoms with E-state index in [0.29, 0.717) is 11.1 Å². The number of phosphoric ester groups is 1. The molecule has 0 aromatic rings. The molecule has 0 N–H and O–H groups in total. The van der Waals surface area contributed by atoms with Gasteiger partial charge in [0, 0.05) is 11.1 Å². The zero-order chi connectivity index (χ0) is 25.0. The molecule has 0 atom stereocenters. The van der Waals surface area contributed by atoms with Crippen LogP contribution in [0.3, 0.4) is 0 Å². The van der Waals surface area contributed by atoms with Crippen LogP contribution < -0.4 is 23.8 Å². The Hall–Kier alpha value is -1.03. The van der Waals surface area contributed by atoms with Crippen molar-refractivity contribution in [2.45, 2.75) is 13.8 Å². The molecule has 0 aliphatic heterocycles. The van der Waals surface area contributed by atoms with Gasteiger partial charge in [-0.2, -0.15) is 0 Å². The molecule has 0 bridgehead atoms. The fourth-order valence-electron chi connectivity index (χ4n) is 1.73. The van der Waals surface area contributed by atoms with E-state index in [-0.39, 0.29) is 98.1 Å². The number of esters is 2. The fraction of sp³-hybridized carbons (Fsp3) is 0.700. The van der Waals surface area contributed by atoms with Gasteiger partial charge in [0.05, 0.1) is 66.1 Å². The summed E-state index contributed by atoms with van der Waals surface area (Å²) in [5, 5.41) is 0. The number of phosphoric acid groups is 1. The van der Waals surface area contributed by atoms with Crippen LogP contribution in [0.2, 0.25) is 0 Å². The van der Waals surface area contributed by atoms with Crippen molar-refractivity contribution in [3.8, 4) is 0 Å². The molecule has 0 amide bonds. The van der Waals surface area contributed by atoms with Gasteiger partial charge in [0.2, 0.25) is 0 Å². The molecule has 0 aliphatic rings. The Morgan fingerprint density at radius 1 is 0.618 bits per heavy atom. The summed E-state index contributed by atoms with van der Waals surface area (Å²) in [5.41, 5.74) is 0.625. The molecule has 0 unspecified atom stereocenters. The van der Waals surface area contributed by atoms with Gasteiger partial charge in [-0.3, -0.25) is 4.57 Å². The van der Waals surface area contributed by atoms with Gasteiger partial charge in [0.25, 0.3) is 7.82 Å². The van der Waals surface area contributed by atoms with Crippen molar-refractivity contribution in [3.63, 3.8) is 0 Å². The van der Waals surface area contributed by atoms with Gasteiger partial charge in [-0.05, 0) is 13.8 Å². The monoisotopic (exact) mass is 504 g/mol. The Kier molecular flexibility index (Phi) is 23.2. The summed E-state index contributed by atoms with van der Waals surface area (Å²) in [6.45, 7) is 11.2. The molecule has 0 rings (SSSR count). The largest absolute Gasteiger partial charge is 1.00 e. The summed E-state index contributed by atoms with van der Waals surface area (Å²) in [5.74, 6) is -0.958. The minimum atomic E-state index is -4.45. The third-order valence-corrected chi connectivity index (χ3v) is 4.31. The van der Waals surface area contributed by atoms with Gasteiger partial charge in [-0.1, -0.05) is 13.2 Å². The van der Waals surface area contributed by atoms with Gasteiger partial charge >= 0.3 is 30.8 Å². The van der Waals surface area contributed by atoms with E-state index in [1.54, 1.807) is 13.8 Å². The number of hydrogen-bond acceptors (Lipinski definition) is 12. The Morgan fingerprint density at radius 3 is 1.18 bits per heavy atom. The number of carbonyl (C=O) groups is 2. The maximum absolute atomic E-state index is 11.6. The van der Waals surface area contributed by atoms with E-state index >= 15 is 0 Å². The predicted molar refractivity (Wildman–Crippen MR) is 114 cm³/mol. The molecule has 0 saturated heterocycles. The Bertz CT molecular complexity index is 593. The molecule has 0 fully saturated rings. The van der Waals surface area contributed by atoms with E-state index in [1.165, 1.54) is 0 Å². The summed E-state index contributed by atoms with van der Waals surface area (Å²) in [6, 6.07) is 0. The van der Waals surface area contributed by atoms with Gasteiger partial charge in [-0.25, -0.2) is 9.59 Å². The Balaban J connectivity index is 0. The normalized spacial score (nSPS) is 10.9. The smallest absolute Gasteiger partial charge is 0.756 e. The maximum Gasteiger partial charge on any atom is 1.00 e. The summed E-state index contributed by atoms with van der Waals surface area (Å²) in [6.07, 6.45) is 0. The SMILES string of the molecule is C=C(C)C(=O)OCCOCCOCCOP(=O)([O-])OCCOCCOCCOC(=O)C(=C)C.[Li+]. The minimum absolute atomic E-state index is 0. The van der Waals surface area contributed by atoms with Gasteiger partial charge in [0.15, 0.2) is 0 Å². The van der Waals surface area contributed by atoms with Gasteiger partial charge in [0.1, 0.15) is 13.2 Å². The number of rotatable bonds is 22. The van der Waals surface area contributed by atoms with Crippen molar-refractivity contribution in [2.75, 3.05) is 79.3 Å². The first kappa shape index (κ1) is 35.1. The van der Waals surface area contributed by atoms with E-state index in [4.69, 9.17) is 28.4 Å². The van der Waals surface area contributed by atoms with Gasteiger partial charge in [-0.15, -0.1) is 0 Å². The van der Waals surface area contributed by atoms with Crippen LogP contribution in [-0.4, -0.2) is 91.2 Å². The first-order valence-electron chi connectivity index (χ1n) is 10.2. The predicted octanol–water partition coefficient (Wildman–Crippen LogP) is -2.20. The van der Waals surface area contributed by atoms with Gasteiger partial charge < -0.3 is 42.4 Å². The summed E-state index contributed by atoms with van der Waals surface area (Å²) < 4.78 is 51.2. The number of carbonyl (C=O) groups excluding carboxylic acids is 2. The first-order chi connectivity index (χ1) is 15.7. The minimum Gasteiger partial charge on any atom is -0.756 e. The summed E-state index contributed by atoms with van der Waals surface area (Å²) in [4.78, 5) is 33.8. The molecule has 14 heteroatoms. The summed E-state index contributed by atoms with van der Waals surface area (Å²) in [7, 11) is -4.45. The molecule has 0 aromatic carbocycles. The van der Waals surface area contributed by atoms with Crippen LogP contribution >= 0.6 is 7.82 Å². The molecule has 0 saturated carbocycles. The van der Waals surface area contributed by atoms with Crippen LogP contribution in [0.15, 0.2) is 24.3 Å². The van der Waals surface area contributed by atoms with Crippen LogP contribution in [-0.2, 0) is 51.6 Å². The number of hydrogen-bond donors (Lipinski definition) is 0. The van der Waals surface area contributed by atoms with E-state index in [2.05, 4.69) is 22.2 Å². The summed E-state index contributed by atoms with van der Waals surface area (Å²) >= 11 is 0. The van der Waals surface area contributed by atoms with Crippen LogP contribution in [0.1, 0.15) is 13.8 Å². The molecular formula is C20H34LiO12P. The van der Waals surface area contributed by atoms with Crippen molar-refractivity contribution >= 4 is 19.8 Å². The third kappa shape index (κ3) is 22.7. The van der Waals surface area contributed by atoms with E-state index < -0.39 is 19.8 Å². The van der Waals surface area contributed by atoms with Crippen LogP contribution in [0, 0.1) is 0 Å². The van der Waals surface area contributed by atoms with Crippen molar-refractivity contribution in [2.24, 2.45) is 0 Å². The van der Waals surface area contributed by atoms with Crippen molar-refractivity contribution in [1.82, 2.24) is 0 Å². The standard InChI is InChI=1S/C20H35O12P.Li/c1-17(2)19(21)29-13-9-25-5-7-27-11-15-31-33(23,24)32-16-12-28-8-6-26-10-14-30-20(22)18(3)4;/h1,3,5-16H2,2,4H3,(H,23,24);/q;+1/p-1. The van der Waals surface area contributed by atoms with Crippen molar-refractivity contribution in [3.05, 3.63) is 24.3 Å². The maximum atomic E-state index is 11.6. The zero-order valence-electron chi connectivity index (χ0n) is 20.2. The molecule has 0 heterocycles. The second-order valence-corrected chi connectivity index (χ2v) is 7.81. The van der Waals surface area contributed by atoms with Crippen LogP contribution in [0.5, 0.6) is 0 Å². The van der Waals surface area contributed by atoms with E-state index in [9.17, 15) is 19.0 Å². The average Bonchev–Trinajstić information content (AvgIpc) is 2.75. The fourth-order valence-corrected chi connectivity index (χ4v) is 2.40. The Morgan fingerprint density at radius 2 is 0.882 bits per heavy atom. The van der Waals surface area contributed by atoms with E-state index in [0.717, 1.165) is 0 Å². The molecular weight excluding hydrogens is 470 g/mol. The molecule has 12 nitrogen and oxygen atoms in total. The topological polar surface area (TPSA) is 148 Å². The van der Waals surface area contributed by atoms with Crippen LogP contribution in [0.4, 0.5) is 0 Å².